The average Bonchev–Trinajstić information content (AvgIpc) is 2.50. The Bertz CT molecular complexity index is 453. The summed E-state index contributed by atoms with van der Waals surface area (Å²) in [5, 5.41) is 0. The fourth-order valence-corrected chi connectivity index (χ4v) is 0.814. The number of Topliss-reactive ketones (excluding diaryl/α,β-unsaturated/α-hetero) is 1. The van der Waals surface area contributed by atoms with E-state index in [2.05, 4.69) is 16.3 Å². The van der Waals surface area contributed by atoms with Gasteiger partial charge in [-0.3, -0.25) is 22.1 Å². The van der Waals surface area contributed by atoms with Crippen molar-refractivity contribution in [3.63, 3.8) is 0 Å². The number of ether oxygens (including phenoxy) is 2. The van der Waals surface area contributed by atoms with Gasteiger partial charge in [0.15, 0.2) is 0 Å². The number of hydrogen-bond acceptors (Lipinski definition) is 9. The van der Waals surface area contributed by atoms with Gasteiger partial charge in [-0.1, -0.05) is 0 Å². The summed E-state index contributed by atoms with van der Waals surface area (Å²) in [6.07, 6.45) is -1.06. The van der Waals surface area contributed by atoms with Crippen LogP contribution in [0.25, 0.3) is 0 Å². The standard InChI is InChI=1S/C8H18N2O2.C5H12N2O2.C3H10N2.C3H6O/c1-6(2)9-10-7(11)12-8(3,4)5;1-5(2,3)9-4(8)7-6;1-3(2)5-4;1-3(2)4/h6,9H,1-5H3,(H,10,11);6H2,1-3H3,(H,7,8);3,5H,4H2,1-2H3;1-2H3. The second-order valence-corrected chi connectivity index (χ2v) is 8.80. The lowest BCUT2D eigenvalue weighted by Gasteiger charge is -2.20. The number of nitrogens with two attached hydrogens (primary N) is 2. The molecular formula is C19H46N6O5. The first-order valence-electron chi connectivity index (χ1n) is 9.64. The minimum absolute atomic E-state index is 0.167. The van der Waals surface area contributed by atoms with E-state index >= 15 is 0 Å². The zero-order valence-electron chi connectivity index (χ0n) is 20.9. The third kappa shape index (κ3) is 56.2. The van der Waals surface area contributed by atoms with Crippen molar-refractivity contribution in [1.82, 2.24) is 21.7 Å². The van der Waals surface area contributed by atoms with Crippen LogP contribution in [0.2, 0.25) is 0 Å². The van der Waals surface area contributed by atoms with E-state index in [1.54, 1.807) is 20.8 Å². The number of carbonyl (C=O) groups excluding carboxylic acids is 3. The van der Waals surface area contributed by atoms with Crippen molar-refractivity contribution in [2.24, 2.45) is 11.7 Å². The molecule has 0 heterocycles. The highest BCUT2D eigenvalue weighted by atomic mass is 16.6. The fraction of sp³-hybridized carbons (Fsp3) is 0.842. The third-order valence-corrected chi connectivity index (χ3v) is 1.71. The monoisotopic (exact) mass is 438 g/mol. The van der Waals surface area contributed by atoms with Gasteiger partial charge in [0.05, 0.1) is 0 Å². The van der Waals surface area contributed by atoms with Crippen LogP contribution in [-0.2, 0) is 14.3 Å². The molecule has 0 aliphatic rings. The van der Waals surface area contributed by atoms with Gasteiger partial charge in [-0.2, -0.15) is 0 Å². The summed E-state index contributed by atoms with van der Waals surface area (Å²) in [5.74, 6) is 9.84. The predicted molar refractivity (Wildman–Crippen MR) is 120 cm³/mol. The highest BCUT2D eigenvalue weighted by Crippen LogP contribution is 2.06. The van der Waals surface area contributed by atoms with Crippen molar-refractivity contribution in [2.75, 3.05) is 0 Å². The molecule has 0 saturated heterocycles. The number of rotatable bonds is 3. The Morgan fingerprint density at radius 3 is 1.20 bits per heavy atom. The van der Waals surface area contributed by atoms with E-state index in [0.29, 0.717) is 6.04 Å². The maximum Gasteiger partial charge on any atom is 0.422 e. The van der Waals surface area contributed by atoms with Gasteiger partial charge in [0, 0.05) is 12.1 Å². The topological polar surface area (TPSA) is 170 Å². The van der Waals surface area contributed by atoms with Gasteiger partial charge in [0.25, 0.3) is 0 Å². The van der Waals surface area contributed by atoms with Gasteiger partial charge in [-0.15, -0.1) is 0 Å². The molecule has 0 aliphatic heterocycles. The minimum atomic E-state index is -0.609. The molecule has 0 spiro atoms. The molecule has 11 heteroatoms. The number of hydrazine groups is 3. The molecule has 0 aromatic heterocycles. The molecule has 0 atom stereocenters. The molecule has 182 valence electrons. The first-order valence-corrected chi connectivity index (χ1v) is 9.64. The summed E-state index contributed by atoms with van der Waals surface area (Å²) >= 11 is 0. The van der Waals surface area contributed by atoms with Crippen LogP contribution in [0.5, 0.6) is 0 Å². The highest BCUT2D eigenvalue weighted by molar-refractivity contribution is 5.72. The summed E-state index contributed by atoms with van der Waals surface area (Å²) < 4.78 is 9.69. The van der Waals surface area contributed by atoms with E-state index in [-0.39, 0.29) is 11.8 Å². The summed E-state index contributed by atoms with van der Waals surface area (Å²) in [7, 11) is 0. The second kappa shape index (κ2) is 19.0. The molecule has 0 aromatic rings. The van der Waals surface area contributed by atoms with Crippen LogP contribution in [0, 0.1) is 0 Å². The zero-order chi connectivity index (χ0) is 25.1. The lowest BCUT2D eigenvalue weighted by Crippen LogP contribution is -2.44. The van der Waals surface area contributed by atoms with Crippen LogP contribution in [-0.4, -0.2) is 41.3 Å². The molecule has 0 aromatic carbocycles. The Labute approximate surface area is 182 Å². The molecule has 0 saturated carbocycles. The van der Waals surface area contributed by atoms with Crippen molar-refractivity contribution >= 4 is 18.0 Å². The van der Waals surface area contributed by atoms with Crippen LogP contribution in [0.1, 0.15) is 83.1 Å². The van der Waals surface area contributed by atoms with Gasteiger partial charge in [0.1, 0.15) is 17.0 Å². The van der Waals surface area contributed by atoms with Crippen molar-refractivity contribution < 1.29 is 23.9 Å². The zero-order valence-corrected chi connectivity index (χ0v) is 20.9. The summed E-state index contributed by atoms with van der Waals surface area (Å²) in [5.41, 5.74) is 8.65. The van der Waals surface area contributed by atoms with E-state index in [9.17, 15) is 14.4 Å². The maximum absolute atomic E-state index is 11.0. The van der Waals surface area contributed by atoms with E-state index in [1.165, 1.54) is 13.8 Å². The highest BCUT2D eigenvalue weighted by Gasteiger charge is 2.15. The number of amides is 2. The summed E-state index contributed by atoms with van der Waals surface area (Å²) in [6.45, 7) is 21.6. The van der Waals surface area contributed by atoms with E-state index in [4.69, 9.17) is 21.2 Å². The Morgan fingerprint density at radius 1 is 0.733 bits per heavy atom. The van der Waals surface area contributed by atoms with Crippen LogP contribution >= 0.6 is 0 Å². The quantitative estimate of drug-likeness (QED) is 0.220. The van der Waals surface area contributed by atoms with Gasteiger partial charge in [0.2, 0.25) is 0 Å². The lowest BCUT2D eigenvalue weighted by molar-refractivity contribution is -0.115. The van der Waals surface area contributed by atoms with E-state index in [0.717, 1.165) is 0 Å². The smallest absolute Gasteiger partial charge is 0.422 e. The molecule has 8 N–H and O–H groups in total. The molecular weight excluding hydrogens is 392 g/mol. The lowest BCUT2D eigenvalue weighted by atomic mass is 10.2. The number of hydrogen-bond donors (Lipinski definition) is 6. The predicted octanol–water partition coefficient (Wildman–Crippen LogP) is 2.26. The van der Waals surface area contributed by atoms with Crippen molar-refractivity contribution in [3.8, 4) is 0 Å². The minimum Gasteiger partial charge on any atom is -0.443 e. The van der Waals surface area contributed by atoms with Crippen LogP contribution in [0.4, 0.5) is 9.59 Å². The Kier molecular flexibility index (Phi) is 22.5. The van der Waals surface area contributed by atoms with Crippen LogP contribution < -0.4 is 33.4 Å². The van der Waals surface area contributed by atoms with Crippen molar-refractivity contribution in [3.05, 3.63) is 0 Å². The van der Waals surface area contributed by atoms with Crippen LogP contribution in [0.15, 0.2) is 0 Å². The van der Waals surface area contributed by atoms with E-state index < -0.39 is 23.4 Å². The first-order chi connectivity index (χ1) is 13.3. The normalized spacial score (nSPS) is 10.3. The third-order valence-electron chi connectivity index (χ3n) is 1.71. The molecule has 30 heavy (non-hydrogen) atoms. The Morgan fingerprint density at radius 2 is 1.03 bits per heavy atom. The maximum atomic E-state index is 11.0. The van der Waals surface area contributed by atoms with Crippen molar-refractivity contribution in [1.29, 1.82) is 0 Å². The molecule has 2 amide bonds. The Balaban J connectivity index is -0.000000165. The fourth-order valence-electron chi connectivity index (χ4n) is 0.814. The molecule has 11 nitrogen and oxygen atoms in total. The SMILES string of the molecule is CC(C)(C)OC(=O)NN.CC(C)=O.CC(C)NN.CC(C)NNC(=O)OC(C)(C)C. The molecule has 0 rings (SSSR count). The summed E-state index contributed by atoms with van der Waals surface area (Å²) in [6, 6.07) is 0.618. The molecule has 0 unspecified atom stereocenters. The van der Waals surface area contributed by atoms with Gasteiger partial charge < -0.3 is 14.3 Å². The van der Waals surface area contributed by atoms with Gasteiger partial charge in [-0.25, -0.2) is 20.9 Å². The van der Waals surface area contributed by atoms with Gasteiger partial charge >= 0.3 is 12.2 Å². The first kappa shape index (κ1) is 35.5. The van der Waals surface area contributed by atoms with Crippen molar-refractivity contribution in [2.45, 2.75) is 106 Å². The largest absolute Gasteiger partial charge is 0.443 e. The second-order valence-electron chi connectivity index (χ2n) is 8.80. The molecule has 0 aliphatic carbocycles. The Hall–Kier alpha value is -1.95. The van der Waals surface area contributed by atoms with E-state index in [1.807, 2.05) is 53.9 Å². The average molecular weight is 439 g/mol. The van der Waals surface area contributed by atoms with Gasteiger partial charge in [-0.05, 0) is 83.1 Å². The number of nitrogens with one attached hydrogen (secondary N) is 4. The molecule has 0 radical (unpaired) electrons. The number of ketones is 1. The molecule has 0 fully saturated rings. The molecule has 0 bridgehead atoms. The number of carbonyl (C=O) groups is 3. The van der Waals surface area contributed by atoms with Crippen LogP contribution in [0.3, 0.4) is 0 Å². The summed E-state index contributed by atoms with van der Waals surface area (Å²) in [4.78, 5) is 30.8.